The average Bonchev–Trinajstić information content (AvgIpc) is 2.91. The lowest BCUT2D eigenvalue weighted by molar-refractivity contribution is -0.123. The van der Waals surface area contributed by atoms with Gasteiger partial charge in [-0.25, -0.2) is 4.98 Å². The summed E-state index contributed by atoms with van der Waals surface area (Å²) in [5.41, 5.74) is 1.64. The van der Waals surface area contributed by atoms with Crippen molar-refractivity contribution in [1.82, 2.24) is 10.3 Å². The largest absolute Gasteiger partial charge is 0.476 e. The number of halogens is 2. The zero-order valence-electron chi connectivity index (χ0n) is 11.8. The first kappa shape index (κ1) is 15.1. The molecule has 1 aliphatic heterocycles. The molecule has 0 saturated heterocycles. The van der Waals surface area contributed by atoms with E-state index >= 15 is 0 Å². The van der Waals surface area contributed by atoms with Gasteiger partial charge in [0.2, 0.25) is 11.8 Å². The number of fused-ring (bicyclic) bond motifs is 1. The molecule has 0 bridgehead atoms. The maximum Gasteiger partial charge on any atom is 0.231 e. The standard InChI is InChI=1S/C16H14Cl2N2O2/c1-9(11-5-4-10(17)7-14(11)18)20-15(21)13-8-22-16-12(13)3-2-6-19-16/h2-7,9,13H,8H2,1H3,(H,20,21)/t9-,13-/m1/s1. The van der Waals surface area contributed by atoms with E-state index in [1.165, 1.54) is 0 Å². The van der Waals surface area contributed by atoms with Crippen LogP contribution in [0.3, 0.4) is 0 Å². The third kappa shape index (κ3) is 2.89. The average molecular weight is 337 g/mol. The van der Waals surface area contributed by atoms with Crippen LogP contribution in [0.25, 0.3) is 0 Å². The zero-order chi connectivity index (χ0) is 15.7. The molecule has 1 aliphatic rings. The third-order valence-corrected chi connectivity index (χ3v) is 4.23. The van der Waals surface area contributed by atoms with Gasteiger partial charge in [0.1, 0.15) is 12.5 Å². The van der Waals surface area contributed by atoms with Crippen LogP contribution in [0.1, 0.15) is 30.0 Å². The summed E-state index contributed by atoms with van der Waals surface area (Å²) < 4.78 is 5.44. The minimum absolute atomic E-state index is 0.106. The first-order valence-electron chi connectivity index (χ1n) is 6.89. The molecule has 1 amide bonds. The van der Waals surface area contributed by atoms with Gasteiger partial charge in [0.15, 0.2) is 0 Å². The SMILES string of the molecule is C[C@@H](NC(=O)[C@@H]1COc2ncccc21)c1ccc(Cl)cc1Cl. The van der Waals surface area contributed by atoms with Gasteiger partial charge in [0.25, 0.3) is 0 Å². The summed E-state index contributed by atoms with van der Waals surface area (Å²) in [5, 5.41) is 4.06. The molecule has 2 heterocycles. The number of amides is 1. The molecule has 1 N–H and O–H groups in total. The fourth-order valence-corrected chi connectivity index (χ4v) is 3.07. The van der Waals surface area contributed by atoms with Crippen LogP contribution in [0, 0.1) is 0 Å². The Morgan fingerprint density at radius 3 is 3.00 bits per heavy atom. The molecule has 0 radical (unpaired) electrons. The number of benzene rings is 1. The molecule has 2 atom stereocenters. The van der Waals surface area contributed by atoms with E-state index < -0.39 is 0 Å². The van der Waals surface area contributed by atoms with E-state index in [-0.39, 0.29) is 17.9 Å². The summed E-state index contributed by atoms with van der Waals surface area (Å²) in [6, 6.07) is 8.67. The van der Waals surface area contributed by atoms with E-state index in [1.54, 1.807) is 24.4 Å². The van der Waals surface area contributed by atoms with Gasteiger partial charge >= 0.3 is 0 Å². The van der Waals surface area contributed by atoms with Crippen LogP contribution in [0.2, 0.25) is 10.0 Å². The number of nitrogens with one attached hydrogen (secondary N) is 1. The van der Waals surface area contributed by atoms with Gasteiger partial charge in [-0.15, -0.1) is 0 Å². The van der Waals surface area contributed by atoms with E-state index in [9.17, 15) is 4.79 Å². The molecule has 3 rings (SSSR count). The van der Waals surface area contributed by atoms with Crippen LogP contribution in [0.5, 0.6) is 5.88 Å². The highest BCUT2D eigenvalue weighted by atomic mass is 35.5. The van der Waals surface area contributed by atoms with Crippen molar-refractivity contribution < 1.29 is 9.53 Å². The second-order valence-electron chi connectivity index (χ2n) is 5.16. The maximum atomic E-state index is 12.5. The highest BCUT2D eigenvalue weighted by Gasteiger charge is 2.32. The second-order valence-corrected chi connectivity index (χ2v) is 6.00. The fourth-order valence-electron chi connectivity index (χ4n) is 2.50. The quantitative estimate of drug-likeness (QED) is 0.928. The number of aromatic nitrogens is 1. The van der Waals surface area contributed by atoms with E-state index in [0.29, 0.717) is 22.5 Å². The summed E-state index contributed by atoms with van der Waals surface area (Å²) in [6.45, 7) is 2.19. The van der Waals surface area contributed by atoms with Crippen LogP contribution < -0.4 is 10.1 Å². The van der Waals surface area contributed by atoms with Gasteiger partial charge in [-0.1, -0.05) is 35.3 Å². The minimum Gasteiger partial charge on any atom is -0.476 e. The molecule has 4 nitrogen and oxygen atoms in total. The van der Waals surface area contributed by atoms with Crippen molar-refractivity contribution in [1.29, 1.82) is 0 Å². The zero-order valence-corrected chi connectivity index (χ0v) is 13.4. The molecule has 1 aromatic heterocycles. The second kappa shape index (κ2) is 6.15. The lowest BCUT2D eigenvalue weighted by atomic mass is 10.0. The summed E-state index contributed by atoms with van der Waals surface area (Å²) in [4.78, 5) is 16.6. The Morgan fingerprint density at radius 1 is 1.41 bits per heavy atom. The predicted molar refractivity (Wildman–Crippen MR) is 85.5 cm³/mol. The van der Waals surface area contributed by atoms with Crippen molar-refractivity contribution in [2.24, 2.45) is 0 Å². The summed E-state index contributed by atoms with van der Waals surface area (Å²) >= 11 is 12.1. The van der Waals surface area contributed by atoms with Crippen LogP contribution in [0.15, 0.2) is 36.5 Å². The van der Waals surface area contributed by atoms with Crippen molar-refractivity contribution in [3.8, 4) is 5.88 Å². The fraction of sp³-hybridized carbons (Fsp3) is 0.250. The molecular formula is C16H14Cl2N2O2. The van der Waals surface area contributed by atoms with Crippen LogP contribution in [-0.4, -0.2) is 17.5 Å². The molecule has 2 aromatic rings. The van der Waals surface area contributed by atoms with Gasteiger partial charge in [-0.05, 0) is 30.7 Å². The number of pyridine rings is 1. The predicted octanol–water partition coefficient (Wildman–Crippen LogP) is 3.74. The first-order valence-corrected chi connectivity index (χ1v) is 7.65. The van der Waals surface area contributed by atoms with E-state index in [2.05, 4.69) is 10.3 Å². The Balaban J connectivity index is 1.75. The number of ether oxygens (including phenoxy) is 1. The Morgan fingerprint density at radius 2 is 2.23 bits per heavy atom. The lowest BCUT2D eigenvalue weighted by Gasteiger charge is -2.18. The van der Waals surface area contributed by atoms with E-state index in [0.717, 1.165) is 11.1 Å². The highest BCUT2D eigenvalue weighted by Crippen LogP contribution is 2.32. The lowest BCUT2D eigenvalue weighted by Crippen LogP contribution is -2.32. The molecule has 22 heavy (non-hydrogen) atoms. The molecule has 0 aliphatic carbocycles. The number of hydrogen-bond donors (Lipinski definition) is 1. The van der Waals surface area contributed by atoms with Gasteiger partial charge < -0.3 is 10.1 Å². The number of rotatable bonds is 3. The van der Waals surface area contributed by atoms with Gasteiger partial charge in [0.05, 0.1) is 6.04 Å². The Labute approximate surface area is 138 Å². The minimum atomic E-state index is -0.350. The number of nitrogens with zero attached hydrogens (tertiary/aromatic N) is 1. The highest BCUT2D eigenvalue weighted by molar-refractivity contribution is 6.35. The third-order valence-electron chi connectivity index (χ3n) is 3.67. The van der Waals surface area contributed by atoms with Crippen LogP contribution >= 0.6 is 23.2 Å². The summed E-state index contributed by atoms with van der Waals surface area (Å²) in [6.07, 6.45) is 1.65. The Kier molecular flexibility index (Phi) is 4.23. The van der Waals surface area contributed by atoms with Crippen molar-refractivity contribution in [2.75, 3.05) is 6.61 Å². The first-order chi connectivity index (χ1) is 10.6. The van der Waals surface area contributed by atoms with Crippen molar-refractivity contribution in [3.05, 3.63) is 57.7 Å². The molecule has 1 aromatic carbocycles. The van der Waals surface area contributed by atoms with Crippen molar-refractivity contribution in [3.63, 3.8) is 0 Å². The Hall–Kier alpha value is -1.78. The molecule has 0 spiro atoms. The van der Waals surface area contributed by atoms with Crippen molar-refractivity contribution >= 4 is 29.1 Å². The smallest absolute Gasteiger partial charge is 0.231 e. The van der Waals surface area contributed by atoms with E-state index in [1.807, 2.05) is 19.1 Å². The van der Waals surface area contributed by atoms with Crippen molar-refractivity contribution in [2.45, 2.75) is 18.9 Å². The molecule has 114 valence electrons. The molecule has 0 unspecified atom stereocenters. The monoisotopic (exact) mass is 336 g/mol. The van der Waals surface area contributed by atoms with Crippen LogP contribution in [-0.2, 0) is 4.79 Å². The Bertz CT molecular complexity index is 721. The summed E-state index contributed by atoms with van der Waals surface area (Å²) in [7, 11) is 0. The molecular weight excluding hydrogens is 323 g/mol. The number of hydrogen-bond acceptors (Lipinski definition) is 3. The molecule has 0 saturated carbocycles. The number of carbonyl (C=O) groups excluding carboxylic acids is 1. The van der Waals surface area contributed by atoms with Crippen LogP contribution in [0.4, 0.5) is 0 Å². The molecule has 6 heteroatoms. The van der Waals surface area contributed by atoms with Gasteiger partial charge in [0, 0.05) is 21.8 Å². The normalized spacial score (nSPS) is 17.5. The molecule has 0 fully saturated rings. The maximum absolute atomic E-state index is 12.5. The number of carbonyl (C=O) groups is 1. The van der Waals surface area contributed by atoms with Gasteiger partial charge in [-0.3, -0.25) is 4.79 Å². The topological polar surface area (TPSA) is 51.2 Å². The van der Waals surface area contributed by atoms with Gasteiger partial charge in [-0.2, -0.15) is 0 Å². The van der Waals surface area contributed by atoms with E-state index in [4.69, 9.17) is 27.9 Å². The summed E-state index contributed by atoms with van der Waals surface area (Å²) in [5.74, 6) is 0.0716.